The summed E-state index contributed by atoms with van der Waals surface area (Å²) in [7, 11) is -3.95. The molecule has 1 amide bonds. The van der Waals surface area contributed by atoms with Gasteiger partial charge in [-0.25, -0.2) is 18.5 Å². The first-order chi connectivity index (χ1) is 18.7. The van der Waals surface area contributed by atoms with Gasteiger partial charge in [0.25, 0.3) is 5.91 Å². The van der Waals surface area contributed by atoms with Crippen molar-refractivity contribution in [2.24, 2.45) is 5.14 Å². The van der Waals surface area contributed by atoms with Crippen LogP contribution >= 0.6 is 0 Å². The highest BCUT2D eigenvalue weighted by molar-refractivity contribution is 7.89. The minimum Gasteiger partial charge on any atom is -0.338 e. The maximum atomic E-state index is 14.0. The van der Waals surface area contributed by atoms with Crippen LogP contribution in [0.4, 0.5) is 5.82 Å². The summed E-state index contributed by atoms with van der Waals surface area (Å²) in [5.74, 6) is -0.312. The highest BCUT2D eigenvalue weighted by Crippen LogP contribution is 2.46. The van der Waals surface area contributed by atoms with E-state index in [-0.39, 0.29) is 29.2 Å². The highest BCUT2D eigenvalue weighted by Gasteiger charge is 2.45. The lowest BCUT2D eigenvalue weighted by Gasteiger charge is -2.40. The van der Waals surface area contributed by atoms with Crippen molar-refractivity contribution < 1.29 is 18.0 Å². The van der Waals surface area contributed by atoms with Gasteiger partial charge in [-0.2, -0.15) is 9.61 Å². The average molecular weight is 545 g/mol. The molecule has 0 unspecified atom stereocenters. The van der Waals surface area contributed by atoms with Crippen molar-refractivity contribution in [2.75, 3.05) is 23.9 Å². The summed E-state index contributed by atoms with van der Waals surface area (Å²) >= 11 is 0. The fraction of sp³-hybridized carbons (Fsp3) is 0.286. The Bertz CT molecular complexity index is 1680. The zero-order chi connectivity index (χ0) is 27.2. The number of Topliss-reactive ketones (excluding diaryl/α,β-unsaturated/α-hetero) is 1. The number of aromatic nitrogens is 3. The number of likely N-dealkylation sites (tertiary alicyclic amines) is 1. The van der Waals surface area contributed by atoms with Crippen LogP contribution in [0, 0.1) is 0 Å². The maximum Gasteiger partial charge on any atom is 0.259 e. The van der Waals surface area contributed by atoms with E-state index < -0.39 is 15.9 Å². The molecular weight excluding hydrogens is 516 g/mol. The van der Waals surface area contributed by atoms with Crippen LogP contribution in [0.1, 0.15) is 51.1 Å². The van der Waals surface area contributed by atoms with E-state index in [0.717, 1.165) is 16.7 Å². The van der Waals surface area contributed by atoms with Gasteiger partial charge < -0.3 is 9.80 Å². The van der Waals surface area contributed by atoms with E-state index in [1.807, 2.05) is 54.6 Å². The van der Waals surface area contributed by atoms with Crippen LogP contribution in [-0.4, -0.2) is 58.6 Å². The highest BCUT2D eigenvalue weighted by atomic mass is 32.2. The molecule has 1 aliphatic heterocycles. The van der Waals surface area contributed by atoms with Crippen LogP contribution in [0.3, 0.4) is 0 Å². The average Bonchev–Trinajstić information content (AvgIpc) is 3.51. The molecule has 2 N–H and O–H groups in total. The van der Waals surface area contributed by atoms with Crippen molar-refractivity contribution in [1.29, 1.82) is 0 Å². The molecule has 1 fully saturated rings. The molecule has 1 spiro atoms. The topological polar surface area (TPSA) is 131 Å². The van der Waals surface area contributed by atoms with Crippen molar-refractivity contribution in [1.82, 2.24) is 19.5 Å². The molecule has 1 aliphatic carbocycles. The van der Waals surface area contributed by atoms with Gasteiger partial charge in [0.15, 0.2) is 11.4 Å². The molecule has 0 saturated carbocycles. The molecule has 0 atom stereocenters. The number of benzene rings is 2. The molecule has 0 radical (unpaired) electrons. The second-order valence-electron chi connectivity index (χ2n) is 10.3. The van der Waals surface area contributed by atoms with E-state index in [1.54, 1.807) is 22.1 Å². The second-order valence-corrected chi connectivity index (χ2v) is 11.9. The number of nitrogens with zero attached hydrogens (tertiary/aromatic N) is 5. The summed E-state index contributed by atoms with van der Waals surface area (Å²) < 4.78 is 26.1. The lowest BCUT2D eigenvalue weighted by molar-refractivity contribution is 0.0660. The Hall–Kier alpha value is -4.09. The number of sulfonamides is 1. The summed E-state index contributed by atoms with van der Waals surface area (Å²) in [6.07, 6.45) is 4.82. The monoisotopic (exact) mass is 544 g/mol. The largest absolute Gasteiger partial charge is 0.338 e. The van der Waals surface area contributed by atoms with Crippen molar-refractivity contribution in [3.63, 3.8) is 0 Å². The van der Waals surface area contributed by atoms with Crippen LogP contribution < -0.4 is 10.0 Å². The Morgan fingerprint density at radius 1 is 1.03 bits per heavy atom. The lowest BCUT2D eigenvalue weighted by atomic mass is 9.73. The van der Waals surface area contributed by atoms with Crippen LogP contribution in [0.2, 0.25) is 0 Å². The van der Waals surface area contributed by atoms with Crippen LogP contribution in [0.15, 0.2) is 73.1 Å². The Kier molecular flexibility index (Phi) is 6.19. The number of rotatable bonds is 6. The minimum absolute atomic E-state index is 0.153. The molecule has 2 aromatic carbocycles. The first-order valence-corrected chi connectivity index (χ1v) is 14.5. The molecule has 2 aromatic heterocycles. The van der Waals surface area contributed by atoms with E-state index >= 15 is 0 Å². The van der Waals surface area contributed by atoms with Gasteiger partial charge in [-0.3, -0.25) is 9.59 Å². The Morgan fingerprint density at radius 3 is 2.49 bits per heavy atom. The number of anilines is 1. The Balaban J connectivity index is 1.34. The molecular formula is C28H28N6O4S. The standard InChI is InChI=1S/C28H28N6O4S/c29-39(37,38)19-33(18-20-6-2-1-3-7-20)26-22(17-30-25-10-13-31-34(25)26)27(36)32-14-11-28(12-15-32)16-24(35)21-8-4-5-9-23(21)28/h1-10,13,17H,11-12,14-16,18-19H2,(H2,29,37,38). The number of primary sulfonamides is 1. The molecule has 4 aromatic rings. The lowest BCUT2D eigenvalue weighted by Crippen LogP contribution is -2.45. The number of hydrogen-bond acceptors (Lipinski definition) is 7. The number of amides is 1. The number of fused-ring (bicyclic) bond motifs is 3. The normalized spacial score (nSPS) is 16.5. The van der Waals surface area contributed by atoms with Crippen molar-refractivity contribution >= 4 is 33.2 Å². The number of ketones is 1. The molecule has 39 heavy (non-hydrogen) atoms. The van der Waals surface area contributed by atoms with Crippen molar-refractivity contribution in [3.05, 3.63) is 95.3 Å². The van der Waals surface area contributed by atoms with E-state index in [4.69, 9.17) is 5.14 Å². The fourth-order valence-corrected chi connectivity index (χ4v) is 6.61. The number of carbonyl (C=O) groups is 2. The fourth-order valence-electron chi connectivity index (χ4n) is 5.96. The molecule has 200 valence electrons. The molecule has 3 heterocycles. The summed E-state index contributed by atoms with van der Waals surface area (Å²) in [6, 6.07) is 18.8. The van der Waals surface area contributed by atoms with Gasteiger partial charge in [0.05, 0.1) is 6.20 Å². The van der Waals surface area contributed by atoms with Crippen molar-refractivity contribution in [3.8, 4) is 0 Å². The van der Waals surface area contributed by atoms with Crippen molar-refractivity contribution in [2.45, 2.75) is 31.2 Å². The van der Waals surface area contributed by atoms with Gasteiger partial charge in [-0.15, -0.1) is 0 Å². The Morgan fingerprint density at radius 2 is 1.74 bits per heavy atom. The first-order valence-electron chi connectivity index (χ1n) is 12.8. The molecule has 2 aliphatic rings. The third kappa shape index (κ3) is 4.68. The molecule has 11 heteroatoms. The van der Waals surface area contributed by atoms with Gasteiger partial charge in [0.1, 0.15) is 17.3 Å². The van der Waals surface area contributed by atoms with Crippen LogP contribution in [-0.2, 0) is 22.0 Å². The summed E-state index contributed by atoms with van der Waals surface area (Å²) in [6.45, 7) is 1.12. The van der Waals surface area contributed by atoms with Gasteiger partial charge in [-0.1, -0.05) is 54.6 Å². The second kappa shape index (κ2) is 9.58. The third-order valence-electron chi connectivity index (χ3n) is 7.78. The predicted molar refractivity (Wildman–Crippen MR) is 146 cm³/mol. The summed E-state index contributed by atoms with van der Waals surface area (Å²) in [4.78, 5) is 34.4. The van der Waals surface area contributed by atoms with E-state index in [0.29, 0.717) is 43.8 Å². The van der Waals surface area contributed by atoms with E-state index in [2.05, 4.69) is 10.1 Å². The Labute approximate surface area is 226 Å². The molecule has 1 saturated heterocycles. The maximum absolute atomic E-state index is 14.0. The molecule has 6 rings (SSSR count). The number of nitrogens with two attached hydrogens (primary N) is 1. The zero-order valence-corrected chi connectivity index (χ0v) is 22.0. The first kappa shape index (κ1) is 25.2. The van der Waals surface area contributed by atoms with Gasteiger partial charge in [0.2, 0.25) is 10.0 Å². The summed E-state index contributed by atoms with van der Waals surface area (Å²) in [5, 5.41) is 9.85. The summed E-state index contributed by atoms with van der Waals surface area (Å²) in [5.41, 5.74) is 3.17. The smallest absolute Gasteiger partial charge is 0.259 e. The SMILES string of the molecule is NS(=O)(=O)CN(Cc1ccccc1)c1c(C(=O)N2CCC3(CC2)CC(=O)c2ccccc23)cnc2ccnn12. The van der Waals surface area contributed by atoms with E-state index in [9.17, 15) is 18.0 Å². The van der Waals surface area contributed by atoms with Gasteiger partial charge in [-0.05, 0) is 24.0 Å². The van der Waals surface area contributed by atoms with Gasteiger partial charge in [0, 0.05) is 49.3 Å². The third-order valence-corrected chi connectivity index (χ3v) is 8.45. The van der Waals surface area contributed by atoms with E-state index in [1.165, 1.54) is 10.7 Å². The quantitative estimate of drug-likeness (QED) is 0.395. The predicted octanol–water partition coefficient (Wildman–Crippen LogP) is 2.74. The number of hydrogen-bond donors (Lipinski definition) is 1. The molecule has 0 bridgehead atoms. The number of piperidine rings is 1. The van der Waals surface area contributed by atoms with Gasteiger partial charge >= 0.3 is 0 Å². The van der Waals surface area contributed by atoms with Crippen LogP contribution in [0.5, 0.6) is 0 Å². The number of carbonyl (C=O) groups excluding carboxylic acids is 2. The zero-order valence-electron chi connectivity index (χ0n) is 21.2. The molecule has 10 nitrogen and oxygen atoms in total. The van der Waals surface area contributed by atoms with Crippen LogP contribution in [0.25, 0.3) is 5.65 Å². The minimum atomic E-state index is -3.95.